The molecule has 0 aliphatic heterocycles. The van der Waals surface area contributed by atoms with Crippen molar-refractivity contribution in [1.82, 2.24) is 0 Å². The second-order valence-electron chi connectivity index (χ2n) is 4.27. The Morgan fingerprint density at radius 2 is 1.89 bits per heavy atom. The Balaban J connectivity index is 2.75. The van der Waals surface area contributed by atoms with Crippen LogP contribution in [-0.4, -0.2) is 5.75 Å². The lowest BCUT2D eigenvalue weighted by Gasteiger charge is -2.05. The Bertz CT molecular complexity index is 441. The minimum atomic E-state index is -0.353. The average molecular weight is 261 g/mol. The minimum Gasteiger partial charge on any atom is -0.276 e. The Kier molecular flexibility index (Phi) is 6.66. The van der Waals surface area contributed by atoms with Crippen LogP contribution in [0.25, 0.3) is 5.57 Å². The summed E-state index contributed by atoms with van der Waals surface area (Å²) in [5.41, 5.74) is 2.52. The van der Waals surface area contributed by atoms with E-state index in [1.165, 1.54) is 17.6 Å². The summed E-state index contributed by atoms with van der Waals surface area (Å²) in [5.74, 6) is 0.897. The third-order valence-electron chi connectivity index (χ3n) is 2.82. The molecular weight excluding hydrogens is 238 g/mol. The van der Waals surface area contributed by atoms with Crippen molar-refractivity contribution in [2.75, 3.05) is 5.75 Å². The van der Waals surface area contributed by atoms with Crippen molar-refractivity contribution in [3.8, 4) is 0 Å². The summed E-state index contributed by atoms with van der Waals surface area (Å²) in [6.45, 7) is 6.38. The van der Waals surface area contributed by atoms with E-state index in [1.54, 1.807) is 0 Å². The SMILES string of the molecule is CCC/C=C\C=C(/C)c1ccc(S(=N)CC)cc1. The fourth-order valence-electron chi connectivity index (χ4n) is 1.62. The fourth-order valence-corrected chi connectivity index (χ4v) is 2.42. The van der Waals surface area contributed by atoms with Crippen LogP contribution in [0.1, 0.15) is 39.2 Å². The van der Waals surface area contributed by atoms with Crippen LogP contribution >= 0.6 is 0 Å². The molecule has 0 heterocycles. The highest BCUT2D eigenvalue weighted by Gasteiger charge is 1.98. The van der Waals surface area contributed by atoms with Crippen LogP contribution < -0.4 is 0 Å². The fraction of sp³-hybridized carbons (Fsp3) is 0.375. The number of unbranched alkanes of at least 4 members (excludes halogenated alkanes) is 1. The highest BCUT2D eigenvalue weighted by Crippen LogP contribution is 2.16. The largest absolute Gasteiger partial charge is 0.276 e. The number of hydrogen-bond acceptors (Lipinski definition) is 1. The third-order valence-corrected chi connectivity index (χ3v) is 4.24. The van der Waals surface area contributed by atoms with Gasteiger partial charge in [-0.1, -0.05) is 61.3 Å². The summed E-state index contributed by atoms with van der Waals surface area (Å²) in [7, 11) is -0.353. The molecule has 1 rings (SSSR count). The Morgan fingerprint density at radius 3 is 2.44 bits per heavy atom. The predicted molar refractivity (Wildman–Crippen MR) is 83.0 cm³/mol. The van der Waals surface area contributed by atoms with Crippen molar-refractivity contribution in [3.63, 3.8) is 0 Å². The molecule has 0 bridgehead atoms. The van der Waals surface area contributed by atoms with E-state index in [9.17, 15) is 0 Å². The Morgan fingerprint density at radius 1 is 1.22 bits per heavy atom. The van der Waals surface area contributed by atoms with Crippen LogP contribution in [-0.2, 0) is 10.7 Å². The van der Waals surface area contributed by atoms with Crippen molar-refractivity contribution in [1.29, 1.82) is 4.78 Å². The molecule has 1 nitrogen and oxygen atoms in total. The second-order valence-corrected chi connectivity index (χ2v) is 6.10. The lowest BCUT2D eigenvalue weighted by molar-refractivity contribution is 0.959. The minimum absolute atomic E-state index is 0.353. The van der Waals surface area contributed by atoms with Crippen LogP contribution in [0.3, 0.4) is 0 Å². The highest BCUT2D eigenvalue weighted by molar-refractivity contribution is 7.86. The van der Waals surface area contributed by atoms with Gasteiger partial charge in [-0.3, -0.25) is 4.78 Å². The molecule has 0 amide bonds. The molecule has 0 aliphatic carbocycles. The van der Waals surface area contributed by atoms with Gasteiger partial charge >= 0.3 is 0 Å². The van der Waals surface area contributed by atoms with Crippen LogP contribution in [0.5, 0.6) is 0 Å². The maximum absolute atomic E-state index is 7.90. The molecule has 0 aromatic heterocycles. The number of rotatable bonds is 6. The summed E-state index contributed by atoms with van der Waals surface area (Å²) < 4.78 is 7.90. The average Bonchev–Trinajstić information content (AvgIpc) is 2.42. The maximum Gasteiger partial charge on any atom is 0.0181 e. The van der Waals surface area contributed by atoms with E-state index in [4.69, 9.17) is 4.78 Å². The lowest BCUT2D eigenvalue weighted by atomic mass is 10.1. The maximum atomic E-state index is 7.90. The summed E-state index contributed by atoms with van der Waals surface area (Å²) >= 11 is 0. The zero-order valence-corrected chi connectivity index (χ0v) is 12.4. The monoisotopic (exact) mass is 261 g/mol. The van der Waals surface area contributed by atoms with Crippen molar-refractivity contribution in [2.24, 2.45) is 0 Å². The molecule has 0 aliphatic rings. The molecule has 1 aromatic carbocycles. The zero-order valence-electron chi connectivity index (χ0n) is 11.6. The molecule has 0 saturated carbocycles. The van der Waals surface area contributed by atoms with Gasteiger partial charge in [-0.2, -0.15) is 0 Å². The van der Waals surface area contributed by atoms with Crippen molar-refractivity contribution in [2.45, 2.75) is 38.5 Å². The zero-order chi connectivity index (χ0) is 13.4. The summed E-state index contributed by atoms with van der Waals surface area (Å²) in [5, 5.41) is 0. The summed E-state index contributed by atoms with van der Waals surface area (Å²) in [4.78, 5) is 1.13. The summed E-state index contributed by atoms with van der Waals surface area (Å²) in [6, 6.07) is 8.42. The summed E-state index contributed by atoms with van der Waals surface area (Å²) in [6.07, 6.45) is 8.83. The van der Waals surface area contributed by atoms with E-state index in [-0.39, 0.29) is 10.7 Å². The number of nitrogens with one attached hydrogen (secondary N) is 1. The van der Waals surface area contributed by atoms with Crippen molar-refractivity contribution < 1.29 is 0 Å². The normalized spacial score (nSPS) is 14.1. The van der Waals surface area contributed by atoms with Gasteiger partial charge in [0.15, 0.2) is 0 Å². The molecule has 2 heteroatoms. The first-order valence-electron chi connectivity index (χ1n) is 6.55. The quantitative estimate of drug-likeness (QED) is 0.680. The standard InChI is InChI=1S/C16H23NS/c1-4-6-7-8-9-14(3)15-10-12-16(13-11-15)18(17)5-2/h7-13,17H,4-6H2,1-3H3/b8-7-,14-9+. The van der Waals surface area contributed by atoms with Gasteiger partial charge in [0.25, 0.3) is 0 Å². The van der Waals surface area contributed by atoms with Crippen LogP contribution in [0.2, 0.25) is 0 Å². The molecule has 1 atom stereocenters. The van der Waals surface area contributed by atoms with Gasteiger partial charge in [0.2, 0.25) is 0 Å². The van der Waals surface area contributed by atoms with E-state index in [1.807, 2.05) is 0 Å². The predicted octanol–water partition coefficient (Wildman–Crippen LogP) is 5.21. The molecule has 0 radical (unpaired) electrons. The van der Waals surface area contributed by atoms with Gasteiger partial charge in [-0.25, -0.2) is 0 Å². The molecule has 1 N–H and O–H groups in total. The van der Waals surface area contributed by atoms with Gasteiger partial charge in [0, 0.05) is 10.6 Å². The Hall–Kier alpha value is -1.15. The van der Waals surface area contributed by atoms with Gasteiger partial charge in [0.1, 0.15) is 0 Å². The molecule has 1 aromatic rings. The van der Waals surface area contributed by atoms with E-state index >= 15 is 0 Å². The van der Waals surface area contributed by atoms with E-state index < -0.39 is 0 Å². The first-order valence-corrected chi connectivity index (χ1v) is 7.94. The Labute approximate surface area is 114 Å². The van der Waals surface area contributed by atoms with Crippen molar-refractivity contribution >= 4 is 16.3 Å². The molecule has 98 valence electrons. The van der Waals surface area contributed by atoms with Gasteiger partial charge < -0.3 is 0 Å². The highest BCUT2D eigenvalue weighted by atomic mass is 32.2. The number of benzene rings is 1. The van der Waals surface area contributed by atoms with Gasteiger partial charge in [0.05, 0.1) is 0 Å². The van der Waals surface area contributed by atoms with Gasteiger partial charge in [-0.05, 0) is 36.6 Å². The molecule has 0 spiro atoms. The van der Waals surface area contributed by atoms with E-state index in [0.29, 0.717) is 0 Å². The number of allylic oxidation sites excluding steroid dienone is 4. The van der Waals surface area contributed by atoms with Crippen LogP contribution in [0.15, 0.2) is 47.4 Å². The topological polar surface area (TPSA) is 23.9 Å². The third kappa shape index (κ3) is 4.61. The smallest absolute Gasteiger partial charge is 0.0181 e. The molecule has 1 unspecified atom stereocenters. The number of hydrogen-bond donors (Lipinski definition) is 1. The first kappa shape index (κ1) is 14.9. The van der Waals surface area contributed by atoms with Crippen LogP contribution in [0.4, 0.5) is 0 Å². The van der Waals surface area contributed by atoms with E-state index in [0.717, 1.165) is 17.1 Å². The molecule has 0 fully saturated rings. The lowest BCUT2D eigenvalue weighted by Crippen LogP contribution is -1.91. The first-order chi connectivity index (χ1) is 8.69. The molecule has 0 saturated heterocycles. The molecular formula is C16H23NS. The van der Waals surface area contributed by atoms with Crippen LogP contribution in [0, 0.1) is 4.78 Å². The van der Waals surface area contributed by atoms with Crippen molar-refractivity contribution in [3.05, 3.63) is 48.1 Å². The van der Waals surface area contributed by atoms with Gasteiger partial charge in [-0.15, -0.1) is 0 Å². The van der Waals surface area contributed by atoms with E-state index in [2.05, 4.69) is 63.3 Å². The second kappa shape index (κ2) is 8.04. The molecule has 18 heavy (non-hydrogen) atoms.